The second kappa shape index (κ2) is 6.36. The van der Waals surface area contributed by atoms with Gasteiger partial charge in [-0.1, -0.05) is 34.6 Å². The molecule has 3 rings (SSSR count). The van der Waals surface area contributed by atoms with Gasteiger partial charge in [0.2, 0.25) is 0 Å². The molecule has 1 aliphatic rings. The van der Waals surface area contributed by atoms with E-state index < -0.39 is 0 Å². The number of hydrogen-bond acceptors (Lipinski definition) is 4. The highest BCUT2D eigenvalue weighted by atomic mass is 15.3. The molecule has 132 valence electrons. The molecule has 5 nitrogen and oxygen atoms in total. The Morgan fingerprint density at radius 3 is 2.46 bits per heavy atom. The van der Waals surface area contributed by atoms with E-state index >= 15 is 0 Å². The SMILES string of the molecule is CC(C)CN1CCC(c2cc(N)n3nc(C(C)(C)C)cc3n2)CC1. The van der Waals surface area contributed by atoms with Crippen LogP contribution in [0.2, 0.25) is 0 Å². The second-order valence-electron chi connectivity index (χ2n) is 8.62. The summed E-state index contributed by atoms with van der Waals surface area (Å²) in [6.45, 7) is 14.6. The molecule has 1 fully saturated rings. The van der Waals surface area contributed by atoms with Crippen LogP contribution >= 0.6 is 0 Å². The molecule has 3 heterocycles. The fourth-order valence-electron chi connectivity index (χ4n) is 3.52. The van der Waals surface area contributed by atoms with Gasteiger partial charge in [-0.2, -0.15) is 9.61 Å². The van der Waals surface area contributed by atoms with Crippen LogP contribution in [-0.4, -0.2) is 39.1 Å². The van der Waals surface area contributed by atoms with Gasteiger partial charge < -0.3 is 10.6 Å². The first-order valence-corrected chi connectivity index (χ1v) is 9.13. The first kappa shape index (κ1) is 17.2. The Hall–Kier alpha value is -1.62. The highest BCUT2D eigenvalue weighted by Gasteiger charge is 2.24. The van der Waals surface area contributed by atoms with Gasteiger partial charge in [0.25, 0.3) is 0 Å². The number of anilines is 1. The van der Waals surface area contributed by atoms with Gasteiger partial charge in [0.1, 0.15) is 5.82 Å². The molecule has 2 aromatic rings. The molecular weight excluding hydrogens is 298 g/mol. The highest BCUT2D eigenvalue weighted by molar-refractivity contribution is 5.49. The highest BCUT2D eigenvalue weighted by Crippen LogP contribution is 2.30. The van der Waals surface area contributed by atoms with E-state index in [0.29, 0.717) is 11.7 Å². The largest absolute Gasteiger partial charge is 0.384 e. The fraction of sp³-hybridized carbons (Fsp3) is 0.684. The normalized spacial score (nSPS) is 17.9. The predicted octanol–water partition coefficient (Wildman–Crippen LogP) is 3.44. The summed E-state index contributed by atoms with van der Waals surface area (Å²) in [4.78, 5) is 7.45. The fourth-order valence-corrected chi connectivity index (χ4v) is 3.52. The number of rotatable bonds is 3. The molecule has 1 saturated heterocycles. The van der Waals surface area contributed by atoms with Crippen molar-refractivity contribution in [2.45, 2.75) is 58.8 Å². The number of nitrogens with zero attached hydrogens (tertiary/aromatic N) is 4. The molecular formula is C19H31N5. The molecule has 1 aliphatic heterocycles. The molecule has 0 bridgehead atoms. The van der Waals surface area contributed by atoms with E-state index in [0.717, 1.165) is 48.9 Å². The van der Waals surface area contributed by atoms with Gasteiger partial charge in [-0.05, 0) is 31.8 Å². The van der Waals surface area contributed by atoms with Crippen LogP contribution in [0.3, 0.4) is 0 Å². The first-order valence-electron chi connectivity index (χ1n) is 9.13. The monoisotopic (exact) mass is 329 g/mol. The summed E-state index contributed by atoms with van der Waals surface area (Å²) in [5.74, 6) is 1.93. The Bertz CT molecular complexity index is 702. The minimum Gasteiger partial charge on any atom is -0.384 e. The number of piperidine rings is 1. The van der Waals surface area contributed by atoms with Gasteiger partial charge in [0, 0.05) is 35.7 Å². The Kier molecular flexibility index (Phi) is 4.56. The third-order valence-electron chi connectivity index (χ3n) is 4.87. The van der Waals surface area contributed by atoms with Crippen molar-refractivity contribution in [3.05, 3.63) is 23.5 Å². The van der Waals surface area contributed by atoms with Crippen molar-refractivity contribution in [2.75, 3.05) is 25.4 Å². The van der Waals surface area contributed by atoms with Crippen molar-refractivity contribution >= 4 is 11.5 Å². The van der Waals surface area contributed by atoms with Crippen LogP contribution in [0.25, 0.3) is 5.65 Å². The molecule has 0 aliphatic carbocycles. The predicted molar refractivity (Wildman–Crippen MR) is 99.4 cm³/mol. The average Bonchev–Trinajstić information content (AvgIpc) is 2.92. The van der Waals surface area contributed by atoms with Gasteiger partial charge in [-0.25, -0.2) is 4.98 Å². The third kappa shape index (κ3) is 3.56. The van der Waals surface area contributed by atoms with Gasteiger partial charge in [-0.15, -0.1) is 0 Å². The summed E-state index contributed by atoms with van der Waals surface area (Å²) < 4.78 is 1.78. The van der Waals surface area contributed by atoms with Crippen molar-refractivity contribution in [2.24, 2.45) is 5.92 Å². The number of hydrogen-bond donors (Lipinski definition) is 1. The lowest BCUT2D eigenvalue weighted by Crippen LogP contribution is -2.35. The molecule has 2 aromatic heterocycles. The van der Waals surface area contributed by atoms with Crippen molar-refractivity contribution in [1.29, 1.82) is 0 Å². The summed E-state index contributed by atoms with van der Waals surface area (Å²) in [6.07, 6.45) is 2.32. The number of likely N-dealkylation sites (tertiary alicyclic amines) is 1. The van der Waals surface area contributed by atoms with Crippen LogP contribution in [0.5, 0.6) is 0 Å². The summed E-state index contributed by atoms with van der Waals surface area (Å²) in [5.41, 5.74) is 9.30. The maximum Gasteiger partial charge on any atom is 0.157 e. The van der Waals surface area contributed by atoms with Crippen LogP contribution in [0.1, 0.15) is 64.8 Å². The van der Waals surface area contributed by atoms with E-state index in [9.17, 15) is 0 Å². The van der Waals surface area contributed by atoms with Crippen LogP contribution in [-0.2, 0) is 5.41 Å². The van der Waals surface area contributed by atoms with Crippen LogP contribution in [0.4, 0.5) is 5.82 Å². The summed E-state index contributed by atoms with van der Waals surface area (Å²) in [7, 11) is 0. The third-order valence-corrected chi connectivity index (χ3v) is 4.87. The van der Waals surface area contributed by atoms with Crippen LogP contribution < -0.4 is 5.73 Å². The van der Waals surface area contributed by atoms with Gasteiger partial charge in [0.05, 0.1) is 5.69 Å². The molecule has 0 aromatic carbocycles. The topological polar surface area (TPSA) is 59.5 Å². The van der Waals surface area contributed by atoms with Crippen molar-refractivity contribution in [3.8, 4) is 0 Å². The van der Waals surface area contributed by atoms with Gasteiger partial charge >= 0.3 is 0 Å². The molecule has 0 radical (unpaired) electrons. The summed E-state index contributed by atoms with van der Waals surface area (Å²) in [5, 5.41) is 4.64. The zero-order valence-corrected chi connectivity index (χ0v) is 15.7. The van der Waals surface area contributed by atoms with Crippen molar-refractivity contribution in [1.82, 2.24) is 19.5 Å². The standard InChI is InChI=1S/C19H31N5/c1-13(2)12-23-8-6-14(7-9-23)15-10-17(20)24-18(21-15)11-16(22-24)19(3,4)5/h10-11,13-14H,6-9,12,20H2,1-5H3. The lowest BCUT2D eigenvalue weighted by atomic mass is 9.92. The van der Waals surface area contributed by atoms with E-state index in [4.69, 9.17) is 10.7 Å². The first-order chi connectivity index (χ1) is 11.2. The maximum atomic E-state index is 6.26. The van der Waals surface area contributed by atoms with E-state index in [2.05, 4.69) is 50.7 Å². The van der Waals surface area contributed by atoms with Gasteiger partial charge in [0.15, 0.2) is 5.65 Å². The van der Waals surface area contributed by atoms with E-state index in [1.165, 1.54) is 6.54 Å². The van der Waals surface area contributed by atoms with Crippen molar-refractivity contribution < 1.29 is 0 Å². The van der Waals surface area contributed by atoms with Crippen molar-refractivity contribution in [3.63, 3.8) is 0 Å². The number of aromatic nitrogens is 3. The zero-order chi connectivity index (χ0) is 17.5. The maximum absolute atomic E-state index is 6.26. The van der Waals surface area contributed by atoms with Crippen LogP contribution in [0.15, 0.2) is 12.1 Å². The lowest BCUT2D eigenvalue weighted by Gasteiger charge is -2.32. The Labute approximate surface area is 145 Å². The van der Waals surface area contributed by atoms with Gasteiger partial charge in [-0.3, -0.25) is 0 Å². The smallest absolute Gasteiger partial charge is 0.157 e. The Morgan fingerprint density at radius 1 is 1.21 bits per heavy atom. The lowest BCUT2D eigenvalue weighted by molar-refractivity contribution is 0.191. The summed E-state index contributed by atoms with van der Waals surface area (Å²) in [6, 6.07) is 4.10. The Morgan fingerprint density at radius 2 is 1.88 bits per heavy atom. The van der Waals surface area contributed by atoms with Crippen LogP contribution in [0, 0.1) is 5.92 Å². The van der Waals surface area contributed by atoms with E-state index in [1.54, 1.807) is 4.52 Å². The van der Waals surface area contributed by atoms with E-state index in [-0.39, 0.29) is 5.41 Å². The zero-order valence-electron chi connectivity index (χ0n) is 15.7. The molecule has 2 N–H and O–H groups in total. The molecule has 0 unspecified atom stereocenters. The molecule has 5 heteroatoms. The van der Waals surface area contributed by atoms with E-state index in [1.807, 2.05) is 6.07 Å². The molecule has 0 saturated carbocycles. The quantitative estimate of drug-likeness (QED) is 0.937. The number of nitrogen functional groups attached to an aromatic ring is 1. The molecule has 0 atom stereocenters. The number of fused-ring (bicyclic) bond motifs is 1. The minimum absolute atomic E-state index is 0.00247. The molecule has 24 heavy (non-hydrogen) atoms. The minimum atomic E-state index is 0.00247. The summed E-state index contributed by atoms with van der Waals surface area (Å²) >= 11 is 0. The molecule has 0 spiro atoms. The number of nitrogens with two attached hydrogens (primary N) is 1. The molecule has 0 amide bonds. The second-order valence-corrected chi connectivity index (χ2v) is 8.62. The average molecular weight is 329 g/mol. The Balaban J connectivity index is 1.81.